The Morgan fingerprint density at radius 1 is 1.52 bits per heavy atom. The number of amides is 1. The lowest BCUT2D eigenvalue weighted by atomic mass is 10.1. The van der Waals surface area contributed by atoms with Crippen molar-refractivity contribution in [2.45, 2.75) is 19.4 Å². The van der Waals surface area contributed by atoms with Crippen LogP contribution in [0.1, 0.15) is 24.4 Å². The van der Waals surface area contributed by atoms with Crippen molar-refractivity contribution in [2.75, 3.05) is 13.7 Å². The molecule has 110 valence electrons. The number of hydrogen-bond donors (Lipinski definition) is 1. The van der Waals surface area contributed by atoms with Crippen LogP contribution in [0, 0.1) is 0 Å². The summed E-state index contributed by atoms with van der Waals surface area (Å²) in [6.07, 6.45) is 0.214. The molecule has 1 aliphatic heterocycles. The average Bonchev–Trinajstić information content (AvgIpc) is 3.13. The van der Waals surface area contributed by atoms with Crippen molar-refractivity contribution >= 4 is 6.09 Å². The smallest absolute Gasteiger partial charge is 0.407 e. The summed E-state index contributed by atoms with van der Waals surface area (Å²) in [5, 5.41) is 6.65. The Morgan fingerprint density at radius 3 is 3.10 bits per heavy atom. The molecule has 1 N–H and O–H groups in total. The van der Waals surface area contributed by atoms with Crippen LogP contribution < -0.4 is 10.1 Å². The monoisotopic (exact) mass is 289 g/mol. The molecule has 0 bridgehead atoms. The van der Waals surface area contributed by atoms with Crippen LogP contribution in [-0.4, -0.2) is 30.0 Å². The number of aryl methyl sites for hydroxylation is 1. The first-order valence-corrected chi connectivity index (χ1v) is 6.65. The molecule has 0 saturated heterocycles. The van der Waals surface area contributed by atoms with Crippen molar-refractivity contribution in [1.29, 1.82) is 0 Å². The zero-order chi connectivity index (χ0) is 14.8. The molecule has 0 aliphatic carbocycles. The molecule has 0 unspecified atom stereocenters. The summed E-state index contributed by atoms with van der Waals surface area (Å²) in [5.74, 6) is 1.83. The molecule has 1 aromatic heterocycles. The van der Waals surface area contributed by atoms with Gasteiger partial charge in [0.2, 0.25) is 11.7 Å². The number of ether oxygens (including phenoxy) is 2. The topological polar surface area (TPSA) is 86.5 Å². The van der Waals surface area contributed by atoms with Gasteiger partial charge in [0, 0.05) is 17.5 Å². The zero-order valence-corrected chi connectivity index (χ0v) is 11.8. The number of benzene rings is 1. The molecule has 1 aromatic carbocycles. The maximum atomic E-state index is 11.3. The summed E-state index contributed by atoms with van der Waals surface area (Å²) < 4.78 is 15.3. The molecule has 1 amide bonds. The molecule has 1 atom stereocenters. The fourth-order valence-corrected chi connectivity index (χ4v) is 2.19. The highest BCUT2D eigenvalue weighted by Crippen LogP contribution is 2.35. The summed E-state index contributed by atoms with van der Waals surface area (Å²) in [7, 11) is 1.33. The van der Waals surface area contributed by atoms with Crippen LogP contribution >= 0.6 is 0 Å². The molecule has 0 fully saturated rings. The number of aromatic nitrogens is 2. The van der Waals surface area contributed by atoms with Crippen LogP contribution in [0.15, 0.2) is 22.7 Å². The van der Waals surface area contributed by atoms with Crippen molar-refractivity contribution in [3.05, 3.63) is 29.7 Å². The van der Waals surface area contributed by atoms with Crippen molar-refractivity contribution in [3.8, 4) is 17.1 Å². The van der Waals surface area contributed by atoms with Crippen LogP contribution in [0.3, 0.4) is 0 Å². The largest absolute Gasteiger partial charge is 0.491 e. The lowest BCUT2D eigenvalue weighted by molar-refractivity contribution is 0.164. The van der Waals surface area contributed by atoms with E-state index in [4.69, 9.17) is 9.26 Å². The third kappa shape index (κ3) is 2.54. The quantitative estimate of drug-likeness (QED) is 0.931. The summed E-state index contributed by atoms with van der Waals surface area (Å²) in [6, 6.07) is 5.40. The van der Waals surface area contributed by atoms with Gasteiger partial charge in [-0.3, -0.25) is 0 Å². The van der Waals surface area contributed by atoms with E-state index in [9.17, 15) is 4.79 Å². The maximum Gasteiger partial charge on any atom is 0.407 e. The molecule has 0 radical (unpaired) electrons. The van der Waals surface area contributed by atoms with Crippen LogP contribution in [0.2, 0.25) is 0 Å². The summed E-state index contributed by atoms with van der Waals surface area (Å²) in [4.78, 5) is 15.6. The summed E-state index contributed by atoms with van der Waals surface area (Å²) in [6.45, 7) is 2.33. The number of nitrogens with zero attached hydrogens (tertiary/aromatic N) is 2. The molecule has 1 aliphatic rings. The van der Waals surface area contributed by atoms with Gasteiger partial charge in [-0.15, -0.1) is 0 Å². The van der Waals surface area contributed by atoms with E-state index in [1.165, 1.54) is 7.11 Å². The average molecular weight is 289 g/mol. The molecule has 2 aromatic rings. The fourth-order valence-electron chi connectivity index (χ4n) is 2.19. The van der Waals surface area contributed by atoms with Crippen molar-refractivity contribution < 1.29 is 18.8 Å². The third-order valence-electron chi connectivity index (χ3n) is 3.30. The Bertz CT molecular complexity index is 668. The maximum absolute atomic E-state index is 11.3. The Morgan fingerprint density at radius 2 is 2.38 bits per heavy atom. The Labute approximate surface area is 121 Å². The lowest BCUT2D eigenvalue weighted by Gasteiger charge is -2.10. The van der Waals surface area contributed by atoms with Gasteiger partial charge in [0.1, 0.15) is 12.4 Å². The van der Waals surface area contributed by atoms with E-state index in [1.54, 1.807) is 0 Å². The van der Waals surface area contributed by atoms with Crippen molar-refractivity contribution in [1.82, 2.24) is 15.5 Å². The minimum atomic E-state index is -0.480. The minimum absolute atomic E-state index is 0.210. The van der Waals surface area contributed by atoms with Crippen molar-refractivity contribution in [3.63, 3.8) is 0 Å². The number of methoxy groups -OCH3 is 1. The standard InChI is InChI=1S/C14H15N3O4/c1-3-12-16-13(17-21-12)8-4-5-9-10(15-14(18)19-2)7-20-11(9)6-8/h4-6,10H,3,7H2,1-2H3,(H,15,18)/t10-/m1/s1. The predicted octanol–water partition coefficient (Wildman–Crippen LogP) is 2.09. The molecule has 0 saturated carbocycles. The highest BCUT2D eigenvalue weighted by Gasteiger charge is 2.26. The number of nitrogens with one attached hydrogen (secondary N) is 1. The second-order valence-corrected chi connectivity index (χ2v) is 4.62. The van der Waals surface area contributed by atoms with E-state index in [-0.39, 0.29) is 6.04 Å². The highest BCUT2D eigenvalue weighted by atomic mass is 16.5. The Kier molecular flexibility index (Phi) is 3.47. The Balaban J connectivity index is 1.84. The first-order chi connectivity index (χ1) is 10.2. The number of alkyl carbamates (subject to hydrolysis) is 1. The highest BCUT2D eigenvalue weighted by molar-refractivity contribution is 5.69. The van der Waals surface area contributed by atoms with E-state index in [0.29, 0.717) is 30.5 Å². The molecule has 0 spiro atoms. The van der Waals surface area contributed by atoms with Gasteiger partial charge in [-0.25, -0.2) is 4.79 Å². The molecular weight excluding hydrogens is 274 g/mol. The normalized spacial score (nSPS) is 16.2. The molecule has 3 rings (SSSR count). The number of hydrogen-bond acceptors (Lipinski definition) is 6. The predicted molar refractivity (Wildman–Crippen MR) is 72.9 cm³/mol. The first kappa shape index (κ1) is 13.4. The number of carbonyl (C=O) groups excluding carboxylic acids is 1. The molecule has 7 heteroatoms. The number of carbonyl (C=O) groups is 1. The van der Waals surface area contributed by atoms with Gasteiger partial charge >= 0.3 is 6.09 Å². The van der Waals surface area contributed by atoms with E-state index in [1.807, 2.05) is 25.1 Å². The van der Waals surface area contributed by atoms with Gasteiger partial charge in [0.25, 0.3) is 0 Å². The van der Waals surface area contributed by atoms with Gasteiger partial charge in [-0.2, -0.15) is 4.98 Å². The van der Waals surface area contributed by atoms with Crippen molar-refractivity contribution in [2.24, 2.45) is 0 Å². The van der Waals surface area contributed by atoms with E-state index in [2.05, 4.69) is 20.2 Å². The second-order valence-electron chi connectivity index (χ2n) is 4.62. The lowest BCUT2D eigenvalue weighted by Crippen LogP contribution is -2.29. The second kappa shape index (κ2) is 5.43. The molecule has 2 heterocycles. The summed E-state index contributed by atoms with van der Waals surface area (Å²) >= 11 is 0. The van der Waals surface area contributed by atoms with Gasteiger partial charge in [0.15, 0.2) is 0 Å². The van der Waals surface area contributed by atoms with Crippen LogP contribution in [-0.2, 0) is 11.2 Å². The number of rotatable bonds is 3. The van der Waals surface area contributed by atoms with E-state index < -0.39 is 6.09 Å². The zero-order valence-electron chi connectivity index (χ0n) is 11.8. The van der Waals surface area contributed by atoms with E-state index in [0.717, 1.165) is 11.1 Å². The van der Waals surface area contributed by atoms with Crippen LogP contribution in [0.5, 0.6) is 5.75 Å². The minimum Gasteiger partial charge on any atom is -0.491 e. The van der Waals surface area contributed by atoms with Gasteiger partial charge in [-0.1, -0.05) is 24.2 Å². The number of fused-ring (bicyclic) bond motifs is 1. The van der Waals surface area contributed by atoms with Gasteiger partial charge in [-0.05, 0) is 6.07 Å². The third-order valence-corrected chi connectivity index (χ3v) is 3.30. The van der Waals surface area contributed by atoms with Gasteiger partial charge in [0.05, 0.1) is 13.2 Å². The fraction of sp³-hybridized carbons (Fsp3) is 0.357. The van der Waals surface area contributed by atoms with E-state index >= 15 is 0 Å². The molecule has 7 nitrogen and oxygen atoms in total. The molecule has 21 heavy (non-hydrogen) atoms. The summed E-state index contributed by atoms with van der Waals surface area (Å²) in [5.41, 5.74) is 1.72. The Hall–Kier alpha value is -2.57. The SMILES string of the molecule is CCc1nc(-c2ccc3c(c2)OC[C@H]3NC(=O)OC)no1. The first-order valence-electron chi connectivity index (χ1n) is 6.65. The molecular formula is C14H15N3O4. The van der Waals surface area contributed by atoms with Crippen LogP contribution in [0.25, 0.3) is 11.4 Å². The van der Waals surface area contributed by atoms with Crippen LogP contribution in [0.4, 0.5) is 4.79 Å². The van der Waals surface area contributed by atoms with Gasteiger partial charge < -0.3 is 19.3 Å².